The molecule has 2 aromatic rings. The molecule has 0 saturated heterocycles. The van der Waals surface area contributed by atoms with Crippen LogP contribution in [0.15, 0.2) is 18.2 Å². The third kappa shape index (κ3) is 2.65. The molecular formula is C11H9AsF3N3O2. The summed E-state index contributed by atoms with van der Waals surface area (Å²) in [5.41, 5.74) is 9.58. The minimum absolute atomic E-state index is 0.0347. The molecule has 2 amide bonds. The molecule has 0 aliphatic carbocycles. The number of hydrogen-bond donors (Lipinski definition) is 3. The monoisotopic (exact) mass is 347 g/mol. The second kappa shape index (κ2) is 4.86. The number of amides is 2. The number of H-pyrrole nitrogens is 1. The molecule has 0 aliphatic heterocycles. The zero-order valence-electron chi connectivity index (χ0n) is 9.84. The van der Waals surface area contributed by atoms with Gasteiger partial charge >= 0.3 is 116 Å². The van der Waals surface area contributed by atoms with Crippen LogP contribution in [0.3, 0.4) is 0 Å². The predicted molar refractivity (Wildman–Crippen MR) is 68.2 cm³/mol. The number of alkyl halides is 3. The van der Waals surface area contributed by atoms with Crippen LogP contribution in [-0.4, -0.2) is 31.3 Å². The number of nitrogens with two attached hydrogens (primary N) is 2. The van der Waals surface area contributed by atoms with Crippen LogP contribution in [0.4, 0.5) is 18.0 Å². The first-order chi connectivity index (χ1) is 9.20. The van der Waals surface area contributed by atoms with E-state index in [2.05, 4.69) is 4.98 Å². The Kier molecular flexibility index (Phi) is 3.52. The number of nitrogens with one attached hydrogen (secondary N) is 1. The molecule has 0 saturated carbocycles. The van der Waals surface area contributed by atoms with Crippen LogP contribution in [0, 0.1) is 0 Å². The van der Waals surface area contributed by atoms with Crippen molar-refractivity contribution < 1.29 is 22.8 Å². The summed E-state index contributed by atoms with van der Waals surface area (Å²) in [6, 6.07) is 2.89. The van der Waals surface area contributed by atoms with Crippen molar-refractivity contribution in [2.75, 3.05) is 0 Å². The predicted octanol–water partition coefficient (Wildman–Crippen LogP) is 0.426. The van der Waals surface area contributed by atoms with Gasteiger partial charge in [-0.1, -0.05) is 0 Å². The van der Waals surface area contributed by atoms with Crippen molar-refractivity contribution >= 4 is 41.7 Å². The summed E-state index contributed by atoms with van der Waals surface area (Å²) in [5, 5.41) is 0.255. The van der Waals surface area contributed by atoms with Crippen molar-refractivity contribution in [2.45, 2.75) is 6.18 Å². The van der Waals surface area contributed by atoms with Crippen LogP contribution in [0.2, 0.25) is 0 Å². The van der Waals surface area contributed by atoms with E-state index in [1.165, 1.54) is 0 Å². The molecule has 0 radical (unpaired) electrons. The molecule has 0 aliphatic rings. The van der Waals surface area contributed by atoms with Crippen molar-refractivity contribution in [3.8, 4) is 0 Å². The number of halogens is 3. The fraction of sp³-hybridized carbons (Fsp3) is 0.0909. The third-order valence-electron chi connectivity index (χ3n) is 2.62. The van der Waals surface area contributed by atoms with Crippen LogP contribution < -0.4 is 15.9 Å². The molecule has 106 valence electrons. The normalized spacial score (nSPS) is 12.3. The summed E-state index contributed by atoms with van der Waals surface area (Å²) in [5.74, 6) is -0.809. The maximum atomic E-state index is 12.6. The molecule has 1 unspecified atom stereocenters. The average Bonchev–Trinajstić information content (AvgIpc) is 2.63. The molecule has 2 rings (SSSR count). The molecule has 1 aromatic heterocycles. The molecule has 20 heavy (non-hydrogen) atoms. The van der Waals surface area contributed by atoms with Gasteiger partial charge in [0.05, 0.1) is 0 Å². The van der Waals surface area contributed by atoms with Gasteiger partial charge in [-0.15, -0.1) is 0 Å². The summed E-state index contributed by atoms with van der Waals surface area (Å²) in [6.07, 6.45) is -4.49. The molecule has 0 spiro atoms. The standard InChI is InChI=1S/C11H9AsF3N3O2/c13-11(14,15)4-1-2-5-6(3-4)18-8(12-10(17)20)7(5)9(16)19/h1-3,12,18H,(H2,16,19)(H2,17,20). The Hall–Kier alpha value is -1.95. The van der Waals surface area contributed by atoms with Crippen LogP contribution in [-0.2, 0) is 6.18 Å². The molecule has 1 atom stereocenters. The molecule has 1 heterocycles. The Labute approximate surface area is 117 Å². The van der Waals surface area contributed by atoms with Crippen LogP contribution in [0.25, 0.3) is 10.9 Å². The van der Waals surface area contributed by atoms with Gasteiger partial charge in [-0.2, -0.15) is 0 Å². The number of aromatic nitrogens is 1. The SMILES string of the molecule is NC(=O)[AsH]c1[nH]c2cc(C(F)(F)F)ccc2c1C(N)=O. The van der Waals surface area contributed by atoms with Gasteiger partial charge in [0.15, 0.2) is 0 Å². The number of carbonyl (C=O) groups excluding carboxylic acids is 2. The minimum atomic E-state index is -4.49. The van der Waals surface area contributed by atoms with Gasteiger partial charge in [0.25, 0.3) is 0 Å². The molecule has 0 bridgehead atoms. The number of fused-ring (bicyclic) bond motifs is 1. The first-order valence-corrected chi connectivity index (χ1v) is 7.39. The molecule has 5 nitrogen and oxygen atoms in total. The number of aromatic amines is 1. The van der Waals surface area contributed by atoms with E-state index in [0.717, 1.165) is 18.2 Å². The fourth-order valence-electron chi connectivity index (χ4n) is 1.85. The number of carbonyl (C=O) groups is 2. The first-order valence-electron chi connectivity index (χ1n) is 5.29. The molecular weight excluding hydrogens is 338 g/mol. The van der Waals surface area contributed by atoms with Crippen LogP contribution in [0.1, 0.15) is 15.9 Å². The molecule has 0 fully saturated rings. The van der Waals surface area contributed by atoms with E-state index in [0.29, 0.717) is 0 Å². The van der Waals surface area contributed by atoms with E-state index < -0.39 is 38.1 Å². The summed E-state index contributed by atoms with van der Waals surface area (Å²) in [7, 11) is 0. The number of primary amides is 2. The number of benzene rings is 1. The van der Waals surface area contributed by atoms with E-state index in [4.69, 9.17) is 11.5 Å². The van der Waals surface area contributed by atoms with Gasteiger partial charge in [0, 0.05) is 0 Å². The zero-order valence-corrected chi connectivity index (χ0v) is 11.9. The van der Waals surface area contributed by atoms with E-state index in [9.17, 15) is 22.8 Å². The Morgan fingerprint density at radius 1 is 1.20 bits per heavy atom. The van der Waals surface area contributed by atoms with E-state index in [1.807, 2.05) is 0 Å². The topological polar surface area (TPSA) is 102 Å². The Morgan fingerprint density at radius 3 is 2.35 bits per heavy atom. The van der Waals surface area contributed by atoms with Crippen molar-refractivity contribution in [3.63, 3.8) is 0 Å². The summed E-state index contributed by atoms with van der Waals surface area (Å²) in [6.45, 7) is 0. The van der Waals surface area contributed by atoms with E-state index >= 15 is 0 Å². The molecule has 9 heteroatoms. The van der Waals surface area contributed by atoms with Crippen molar-refractivity contribution in [3.05, 3.63) is 29.3 Å². The van der Waals surface area contributed by atoms with E-state index in [1.54, 1.807) is 0 Å². The van der Waals surface area contributed by atoms with E-state index in [-0.39, 0.29) is 20.9 Å². The average molecular weight is 347 g/mol. The summed E-state index contributed by atoms with van der Waals surface area (Å²) >= 11 is -1.52. The van der Waals surface area contributed by atoms with Crippen LogP contribution >= 0.6 is 0 Å². The van der Waals surface area contributed by atoms with Crippen molar-refractivity contribution in [1.82, 2.24) is 4.98 Å². The molecule has 1 aromatic carbocycles. The van der Waals surface area contributed by atoms with Crippen LogP contribution in [0.5, 0.6) is 0 Å². The number of hydrogen-bond acceptors (Lipinski definition) is 2. The summed E-state index contributed by atoms with van der Waals surface area (Å²) in [4.78, 5) is 25.0. The zero-order chi connectivity index (χ0) is 15.1. The van der Waals surface area contributed by atoms with Gasteiger partial charge in [0.2, 0.25) is 0 Å². The molecule has 5 N–H and O–H groups in total. The van der Waals surface area contributed by atoms with Crippen molar-refractivity contribution in [2.24, 2.45) is 11.5 Å². The van der Waals surface area contributed by atoms with Gasteiger partial charge in [-0.05, 0) is 0 Å². The van der Waals surface area contributed by atoms with Gasteiger partial charge in [-0.3, -0.25) is 0 Å². The second-order valence-electron chi connectivity index (χ2n) is 3.99. The third-order valence-corrected chi connectivity index (χ3v) is 4.45. The Bertz CT molecular complexity index is 709. The van der Waals surface area contributed by atoms with Gasteiger partial charge < -0.3 is 0 Å². The Morgan fingerprint density at radius 2 is 1.85 bits per heavy atom. The number of rotatable bonds is 3. The quantitative estimate of drug-likeness (QED) is 0.701. The summed E-state index contributed by atoms with van der Waals surface area (Å²) < 4.78 is 37.5. The second-order valence-corrected chi connectivity index (χ2v) is 6.59. The van der Waals surface area contributed by atoms with Crippen molar-refractivity contribution in [1.29, 1.82) is 0 Å². The first kappa shape index (κ1) is 14.5. The maximum absolute atomic E-state index is 12.6. The van der Waals surface area contributed by atoms with Gasteiger partial charge in [-0.25, -0.2) is 0 Å². The van der Waals surface area contributed by atoms with Gasteiger partial charge in [0.1, 0.15) is 0 Å². The fourth-order valence-corrected chi connectivity index (χ4v) is 3.58. The Balaban J connectivity index is 2.67.